The molecule has 1 unspecified atom stereocenters. The number of rotatable bonds is 4. The molecule has 4 nitrogen and oxygen atoms in total. The lowest BCUT2D eigenvalue weighted by Gasteiger charge is -2.12. The van der Waals surface area contributed by atoms with Gasteiger partial charge in [0, 0.05) is 11.0 Å². The van der Waals surface area contributed by atoms with Gasteiger partial charge in [-0.05, 0) is 17.7 Å². The molecule has 0 N–H and O–H groups in total. The normalized spacial score (nSPS) is 19.3. The average molecular weight is 347 g/mol. The molecule has 1 aliphatic rings. The molecule has 1 aromatic carbocycles. The Morgan fingerprint density at radius 2 is 2.18 bits per heavy atom. The minimum absolute atomic E-state index is 0.0290. The molecule has 2 rings (SSSR count). The number of benzene rings is 1. The van der Waals surface area contributed by atoms with Crippen LogP contribution in [0.5, 0.6) is 5.75 Å². The number of carbonyl (C=O) groups excluding carboxylic acids is 1. The summed E-state index contributed by atoms with van der Waals surface area (Å²) < 4.78 is 11.1. The molecule has 1 fully saturated rings. The Hall–Kier alpha value is -0.980. The van der Waals surface area contributed by atoms with Gasteiger partial charge in [0.05, 0.1) is 13.7 Å². The van der Waals surface area contributed by atoms with E-state index >= 15 is 0 Å². The van der Waals surface area contributed by atoms with Gasteiger partial charge < -0.3 is 14.4 Å². The third-order valence-corrected chi connectivity index (χ3v) is 3.64. The third-order valence-electron chi connectivity index (χ3n) is 2.65. The zero-order valence-corrected chi connectivity index (χ0v) is 11.7. The maximum Gasteiger partial charge on any atom is 0.410 e. The van der Waals surface area contributed by atoms with Crippen molar-refractivity contribution in [3.63, 3.8) is 0 Å². The Kier molecular flexibility index (Phi) is 4.09. The Balaban J connectivity index is 1.98. The van der Waals surface area contributed by atoms with E-state index in [1.807, 2.05) is 24.3 Å². The molecule has 1 heterocycles. The van der Waals surface area contributed by atoms with E-state index in [0.29, 0.717) is 13.1 Å². The molecule has 0 radical (unpaired) electrons. The van der Waals surface area contributed by atoms with E-state index in [2.05, 4.69) is 22.6 Å². The SMILES string of the molecule is COc1ccc(CN2CC(CI)OC2=O)cc1. The van der Waals surface area contributed by atoms with Crippen molar-refractivity contribution in [2.75, 3.05) is 18.1 Å². The summed E-state index contributed by atoms with van der Waals surface area (Å²) in [6.07, 6.45) is -0.191. The van der Waals surface area contributed by atoms with Crippen molar-refractivity contribution in [3.8, 4) is 5.75 Å². The minimum atomic E-state index is -0.220. The van der Waals surface area contributed by atoms with Crippen LogP contribution in [0.4, 0.5) is 4.79 Å². The fourth-order valence-corrected chi connectivity index (χ4v) is 2.19. The van der Waals surface area contributed by atoms with Crippen molar-refractivity contribution in [2.45, 2.75) is 12.6 Å². The maximum absolute atomic E-state index is 11.5. The van der Waals surface area contributed by atoms with Crippen LogP contribution in [-0.4, -0.2) is 35.2 Å². The van der Waals surface area contributed by atoms with Gasteiger partial charge >= 0.3 is 6.09 Å². The van der Waals surface area contributed by atoms with E-state index in [9.17, 15) is 4.79 Å². The lowest BCUT2D eigenvalue weighted by atomic mass is 10.2. The number of carbonyl (C=O) groups is 1. The second-order valence-corrected chi connectivity index (χ2v) is 4.77. The topological polar surface area (TPSA) is 38.8 Å². The summed E-state index contributed by atoms with van der Waals surface area (Å²) in [5.74, 6) is 0.822. The maximum atomic E-state index is 11.5. The van der Waals surface area contributed by atoms with E-state index in [0.717, 1.165) is 15.7 Å². The standard InChI is InChI=1S/C12H14INO3/c1-16-10-4-2-9(3-5-10)7-14-8-11(6-13)17-12(14)15/h2-5,11H,6-8H2,1H3. The van der Waals surface area contributed by atoms with Crippen LogP contribution in [0.15, 0.2) is 24.3 Å². The molecule has 17 heavy (non-hydrogen) atoms. The van der Waals surface area contributed by atoms with Crippen molar-refractivity contribution in [2.24, 2.45) is 0 Å². The number of hydrogen-bond acceptors (Lipinski definition) is 3. The Morgan fingerprint density at radius 1 is 1.47 bits per heavy atom. The first-order valence-corrected chi connectivity index (χ1v) is 6.90. The fourth-order valence-electron chi connectivity index (χ4n) is 1.74. The van der Waals surface area contributed by atoms with Crippen molar-refractivity contribution < 1.29 is 14.3 Å². The highest BCUT2D eigenvalue weighted by Gasteiger charge is 2.30. The quantitative estimate of drug-likeness (QED) is 0.620. The third kappa shape index (κ3) is 3.02. The van der Waals surface area contributed by atoms with Gasteiger partial charge in [-0.15, -0.1) is 0 Å². The van der Waals surface area contributed by atoms with Gasteiger partial charge in [0.15, 0.2) is 0 Å². The molecule has 0 saturated carbocycles. The molecule has 1 amide bonds. The van der Waals surface area contributed by atoms with Crippen molar-refractivity contribution in [3.05, 3.63) is 29.8 Å². The van der Waals surface area contributed by atoms with Gasteiger partial charge in [0.25, 0.3) is 0 Å². The summed E-state index contributed by atoms with van der Waals surface area (Å²) in [5.41, 5.74) is 1.08. The first kappa shape index (κ1) is 12.5. The molecule has 5 heteroatoms. The van der Waals surface area contributed by atoms with Gasteiger partial charge in [-0.1, -0.05) is 34.7 Å². The predicted octanol–water partition coefficient (Wildman–Crippen LogP) is 2.45. The summed E-state index contributed by atoms with van der Waals surface area (Å²) in [6, 6.07) is 7.71. The van der Waals surface area contributed by atoms with Crippen molar-refractivity contribution in [1.29, 1.82) is 0 Å². The Labute approximate surface area is 114 Å². The van der Waals surface area contributed by atoms with Crippen LogP contribution < -0.4 is 4.74 Å². The molecule has 92 valence electrons. The first-order valence-electron chi connectivity index (χ1n) is 5.37. The lowest BCUT2D eigenvalue weighted by Crippen LogP contribution is -2.24. The molecule has 1 atom stereocenters. The fraction of sp³-hybridized carbons (Fsp3) is 0.417. The molecule has 0 aliphatic carbocycles. The number of methoxy groups -OCH3 is 1. The van der Waals surface area contributed by atoms with Gasteiger partial charge in [-0.2, -0.15) is 0 Å². The van der Waals surface area contributed by atoms with Gasteiger partial charge in [-0.3, -0.25) is 0 Å². The predicted molar refractivity (Wildman–Crippen MR) is 72.6 cm³/mol. The zero-order chi connectivity index (χ0) is 12.3. The number of nitrogens with zero attached hydrogens (tertiary/aromatic N) is 1. The van der Waals surface area contributed by atoms with Gasteiger partial charge in [-0.25, -0.2) is 4.79 Å². The average Bonchev–Trinajstić information content (AvgIpc) is 2.71. The number of hydrogen-bond donors (Lipinski definition) is 0. The number of alkyl halides is 1. The Morgan fingerprint density at radius 3 is 2.71 bits per heavy atom. The second kappa shape index (κ2) is 5.57. The summed E-state index contributed by atoms with van der Waals surface area (Å²) in [7, 11) is 1.64. The van der Waals surface area contributed by atoms with Gasteiger partial charge in [0.2, 0.25) is 0 Å². The second-order valence-electron chi connectivity index (χ2n) is 3.89. The largest absolute Gasteiger partial charge is 0.497 e. The molecular formula is C12H14INO3. The highest BCUT2D eigenvalue weighted by atomic mass is 127. The molecule has 0 aromatic heterocycles. The van der Waals surface area contributed by atoms with Crippen molar-refractivity contribution in [1.82, 2.24) is 4.90 Å². The number of ether oxygens (including phenoxy) is 2. The zero-order valence-electron chi connectivity index (χ0n) is 9.56. The van der Waals surface area contributed by atoms with E-state index in [1.165, 1.54) is 0 Å². The molecule has 0 bridgehead atoms. The number of cyclic esters (lactones) is 1. The van der Waals surface area contributed by atoms with Crippen LogP contribution >= 0.6 is 22.6 Å². The summed E-state index contributed by atoms with van der Waals surface area (Å²) >= 11 is 2.23. The van der Waals surface area contributed by atoms with Crippen LogP contribution in [0.1, 0.15) is 5.56 Å². The van der Waals surface area contributed by atoms with E-state index in [4.69, 9.17) is 9.47 Å². The highest BCUT2D eigenvalue weighted by Crippen LogP contribution is 2.18. The first-order chi connectivity index (χ1) is 8.22. The van der Waals surface area contributed by atoms with Crippen LogP contribution in [-0.2, 0) is 11.3 Å². The summed E-state index contributed by atoms with van der Waals surface area (Å²) in [5, 5.41) is 0. The van der Waals surface area contributed by atoms with E-state index in [-0.39, 0.29) is 12.2 Å². The Bertz CT molecular complexity index is 393. The summed E-state index contributed by atoms with van der Waals surface area (Å²) in [6.45, 7) is 1.27. The molecule has 0 spiro atoms. The molecule has 1 aliphatic heterocycles. The van der Waals surface area contributed by atoms with Crippen LogP contribution in [0.25, 0.3) is 0 Å². The van der Waals surface area contributed by atoms with E-state index in [1.54, 1.807) is 12.0 Å². The van der Waals surface area contributed by atoms with Gasteiger partial charge in [0.1, 0.15) is 11.9 Å². The monoisotopic (exact) mass is 347 g/mol. The number of halogens is 1. The van der Waals surface area contributed by atoms with Crippen LogP contribution in [0, 0.1) is 0 Å². The highest BCUT2D eigenvalue weighted by molar-refractivity contribution is 14.1. The van der Waals surface area contributed by atoms with Crippen LogP contribution in [0.3, 0.4) is 0 Å². The molecule has 1 saturated heterocycles. The van der Waals surface area contributed by atoms with E-state index < -0.39 is 0 Å². The number of amides is 1. The lowest BCUT2D eigenvalue weighted by molar-refractivity contribution is 0.139. The molecular weight excluding hydrogens is 333 g/mol. The smallest absolute Gasteiger partial charge is 0.410 e. The van der Waals surface area contributed by atoms with Crippen LogP contribution in [0.2, 0.25) is 0 Å². The van der Waals surface area contributed by atoms with Crippen molar-refractivity contribution >= 4 is 28.7 Å². The molecule has 1 aromatic rings. The summed E-state index contributed by atoms with van der Waals surface area (Å²) in [4.78, 5) is 13.3. The minimum Gasteiger partial charge on any atom is -0.497 e.